The first kappa shape index (κ1) is 14.8. The molecule has 0 bridgehead atoms. The fourth-order valence-electron chi connectivity index (χ4n) is 1.01. The molecule has 0 radical (unpaired) electrons. The van der Waals surface area contributed by atoms with Gasteiger partial charge in [-0.2, -0.15) is 0 Å². The molecule has 0 aliphatic rings. The van der Waals surface area contributed by atoms with Gasteiger partial charge in [0.05, 0.1) is 15.2 Å². The number of pyridine rings is 1. The van der Waals surface area contributed by atoms with Gasteiger partial charge in [0.2, 0.25) is 0 Å². The molecule has 0 atom stereocenters. The molecule has 0 aromatic carbocycles. The summed E-state index contributed by atoms with van der Waals surface area (Å²) in [5.74, 6) is -0.0315. The van der Waals surface area contributed by atoms with E-state index in [0.29, 0.717) is 5.02 Å². The van der Waals surface area contributed by atoms with Crippen molar-refractivity contribution in [1.82, 2.24) is 4.98 Å². The number of carbonyl (C=O) groups excluding carboxylic acids is 1. The van der Waals surface area contributed by atoms with Crippen LogP contribution in [0.1, 0.15) is 20.8 Å². The maximum absolute atomic E-state index is 11.5. The average Bonchev–Trinajstić information content (AvgIpc) is 2.13. The van der Waals surface area contributed by atoms with Gasteiger partial charge < -0.3 is 4.74 Å². The normalized spacial score (nSPS) is 11.4. The third-order valence-electron chi connectivity index (χ3n) is 1.52. The lowest BCUT2D eigenvalue weighted by Crippen LogP contribution is -2.24. The van der Waals surface area contributed by atoms with Crippen molar-refractivity contribution in [2.45, 2.75) is 31.4 Å². The Bertz CT molecular complexity index is 420. The Morgan fingerprint density at radius 2 is 2.24 bits per heavy atom. The maximum Gasteiger partial charge on any atom is 0.316 e. The van der Waals surface area contributed by atoms with Crippen molar-refractivity contribution in [3.8, 4) is 0 Å². The van der Waals surface area contributed by atoms with E-state index in [1.165, 1.54) is 11.8 Å². The minimum atomic E-state index is -0.456. The molecule has 94 valence electrons. The second-order valence-electron chi connectivity index (χ2n) is 4.32. The molecule has 0 amide bonds. The molecule has 6 heteroatoms. The van der Waals surface area contributed by atoms with E-state index in [2.05, 4.69) is 20.9 Å². The van der Waals surface area contributed by atoms with Crippen LogP contribution in [0.15, 0.2) is 21.8 Å². The minimum absolute atomic E-state index is 0.227. The molecule has 0 aliphatic heterocycles. The summed E-state index contributed by atoms with van der Waals surface area (Å²) in [6, 6.07) is 1.74. The van der Waals surface area contributed by atoms with Gasteiger partial charge in [-0.05, 0) is 42.8 Å². The van der Waals surface area contributed by atoms with Crippen LogP contribution in [-0.2, 0) is 9.53 Å². The summed E-state index contributed by atoms with van der Waals surface area (Å²) in [6.07, 6.45) is 1.55. The molecule has 0 fully saturated rings. The molecule has 0 spiro atoms. The predicted molar refractivity (Wildman–Crippen MR) is 73.5 cm³/mol. The second-order valence-corrected chi connectivity index (χ2v) is 6.57. The lowest BCUT2D eigenvalue weighted by Gasteiger charge is -2.19. The number of thioether (sulfide) groups is 1. The molecule has 1 aromatic rings. The molecule has 1 heterocycles. The van der Waals surface area contributed by atoms with Crippen LogP contribution in [0.4, 0.5) is 0 Å². The third-order valence-corrected chi connectivity index (χ3v) is 3.57. The first-order chi connectivity index (χ1) is 7.78. The van der Waals surface area contributed by atoms with Crippen LogP contribution in [0.2, 0.25) is 5.02 Å². The second kappa shape index (κ2) is 6.07. The fourth-order valence-corrected chi connectivity index (χ4v) is 2.63. The zero-order valence-electron chi connectivity index (χ0n) is 9.79. The molecular formula is C11H13BrClNO2S. The lowest BCUT2D eigenvalue weighted by atomic mass is 10.2. The summed E-state index contributed by atoms with van der Waals surface area (Å²) in [5, 5.41) is 1.28. The van der Waals surface area contributed by atoms with Crippen molar-refractivity contribution >= 4 is 45.3 Å². The highest BCUT2D eigenvalue weighted by atomic mass is 79.9. The highest BCUT2D eigenvalue weighted by Crippen LogP contribution is 2.27. The quantitative estimate of drug-likeness (QED) is 0.618. The minimum Gasteiger partial charge on any atom is -0.459 e. The molecule has 1 rings (SSSR count). The van der Waals surface area contributed by atoms with Crippen molar-refractivity contribution in [1.29, 1.82) is 0 Å². The van der Waals surface area contributed by atoms with E-state index in [4.69, 9.17) is 16.3 Å². The standard InChI is InChI=1S/C11H13BrClNO2S/c1-11(2,3)16-9(15)6-17-10-8(12)4-7(13)5-14-10/h4-5H,6H2,1-3H3. The number of halogens is 2. The number of esters is 1. The van der Waals surface area contributed by atoms with E-state index in [9.17, 15) is 4.79 Å². The third kappa shape index (κ3) is 5.75. The molecule has 0 unspecified atom stereocenters. The summed E-state index contributed by atoms with van der Waals surface area (Å²) in [7, 11) is 0. The van der Waals surface area contributed by atoms with Gasteiger partial charge in [0.1, 0.15) is 10.6 Å². The van der Waals surface area contributed by atoms with Crippen LogP contribution in [0.25, 0.3) is 0 Å². The maximum atomic E-state index is 11.5. The molecule has 0 saturated heterocycles. The van der Waals surface area contributed by atoms with E-state index in [0.717, 1.165) is 9.50 Å². The van der Waals surface area contributed by atoms with Crippen molar-refractivity contribution < 1.29 is 9.53 Å². The van der Waals surface area contributed by atoms with Gasteiger partial charge in [0.25, 0.3) is 0 Å². The molecule has 0 N–H and O–H groups in total. The number of carbonyl (C=O) groups is 1. The van der Waals surface area contributed by atoms with Crippen LogP contribution < -0.4 is 0 Å². The van der Waals surface area contributed by atoms with E-state index in [1.807, 2.05) is 20.8 Å². The average molecular weight is 339 g/mol. The number of hydrogen-bond donors (Lipinski definition) is 0. The molecule has 0 aliphatic carbocycles. The van der Waals surface area contributed by atoms with E-state index in [-0.39, 0.29) is 11.7 Å². The lowest BCUT2D eigenvalue weighted by molar-refractivity contribution is -0.151. The van der Waals surface area contributed by atoms with E-state index < -0.39 is 5.60 Å². The van der Waals surface area contributed by atoms with Crippen LogP contribution >= 0.6 is 39.3 Å². The topological polar surface area (TPSA) is 39.2 Å². The van der Waals surface area contributed by atoms with E-state index in [1.54, 1.807) is 12.3 Å². The van der Waals surface area contributed by atoms with Gasteiger partial charge in [-0.1, -0.05) is 23.4 Å². The number of hydrogen-bond acceptors (Lipinski definition) is 4. The van der Waals surface area contributed by atoms with Crippen LogP contribution in [0.3, 0.4) is 0 Å². The SMILES string of the molecule is CC(C)(C)OC(=O)CSc1ncc(Cl)cc1Br. The number of rotatable bonds is 3. The Morgan fingerprint density at radius 3 is 2.76 bits per heavy atom. The zero-order valence-corrected chi connectivity index (χ0v) is 12.9. The van der Waals surface area contributed by atoms with Gasteiger partial charge in [-0.15, -0.1) is 0 Å². The van der Waals surface area contributed by atoms with Gasteiger partial charge >= 0.3 is 5.97 Å². The highest BCUT2D eigenvalue weighted by Gasteiger charge is 2.17. The largest absolute Gasteiger partial charge is 0.459 e. The smallest absolute Gasteiger partial charge is 0.316 e. The fraction of sp³-hybridized carbons (Fsp3) is 0.455. The summed E-state index contributed by atoms with van der Waals surface area (Å²) < 4.78 is 5.97. The van der Waals surface area contributed by atoms with Crippen molar-refractivity contribution in [2.24, 2.45) is 0 Å². The van der Waals surface area contributed by atoms with Crippen LogP contribution in [0, 0.1) is 0 Å². The Hall–Kier alpha value is -0.260. The van der Waals surface area contributed by atoms with Crippen molar-refractivity contribution in [3.63, 3.8) is 0 Å². The molecular weight excluding hydrogens is 326 g/mol. The number of ether oxygens (including phenoxy) is 1. The summed E-state index contributed by atoms with van der Waals surface area (Å²) >= 11 is 10.4. The Kier molecular flexibility index (Phi) is 5.28. The Labute approximate surface area is 118 Å². The molecule has 1 aromatic heterocycles. The summed E-state index contributed by atoms with van der Waals surface area (Å²) in [6.45, 7) is 5.52. The Morgan fingerprint density at radius 1 is 1.59 bits per heavy atom. The first-order valence-corrected chi connectivity index (χ1v) is 7.09. The van der Waals surface area contributed by atoms with Crippen molar-refractivity contribution in [2.75, 3.05) is 5.75 Å². The van der Waals surface area contributed by atoms with Crippen LogP contribution in [0.5, 0.6) is 0 Å². The number of nitrogens with zero attached hydrogens (tertiary/aromatic N) is 1. The monoisotopic (exact) mass is 337 g/mol. The van der Waals surface area contributed by atoms with Gasteiger partial charge in [-0.3, -0.25) is 4.79 Å². The summed E-state index contributed by atoms with van der Waals surface area (Å²) in [4.78, 5) is 15.6. The summed E-state index contributed by atoms with van der Waals surface area (Å²) in [5.41, 5.74) is -0.456. The van der Waals surface area contributed by atoms with Gasteiger partial charge in [-0.25, -0.2) is 4.98 Å². The van der Waals surface area contributed by atoms with Crippen molar-refractivity contribution in [3.05, 3.63) is 21.8 Å². The van der Waals surface area contributed by atoms with Gasteiger partial charge in [0.15, 0.2) is 0 Å². The predicted octanol–water partition coefficient (Wildman–Crippen LogP) is 3.93. The molecule has 0 saturated carbocycles. The molecule has 3 nitrogen and oxygen atoms in total. The van der Waals surface area contributed by atoms with Gasteiger partial charge in [0, 0.05) is 6.20 Å². The van der Waals surface area contributed by atoms with E-state index >= 15 is 0 Å². The van der Waals surface area contributed by atoms with Crippen LogP contribution in [-0.4, -0.2) is 22.3 Å². The highest BCUT2D eigenvalue weighted by molar-refractivity contribution is 9.10. The zero-order chi connectivity index (χ0) is 13.1. The molecule has 17 heavy (non-hydrogen) atoms. The first-order valence-electron chi connectivity index (χ1n) is 4.93. The number of aromatic nitrogens is 1. The Balaban J connectivity index is 2.53.